The number of carbonyl (C=O) groups is 1. The van der Waals surface area contributed by atoms with Crippen LogP contribution in [0, 0.1) is 5.92 Å². The lowest BCUT2D eigenvalue weighted by Gasteiger charge is -2.14. The lowest BCUT2D eigenvalue weighted by Crippen LogP contribution is -2.33. The van der Waals surface area contributed by atoms with Crippen LogP contribution in [0.1, 0.15) is 51.0 Å². The largest absolute Gasteiger partial charge is 0.369 e. The summed E-state index contributed by atoms with van der Waals surface area (Å²) in [5.41, 5.74) is 0.356. The molecule has 5 nitrogen and oxygen atoms in total. The predicted molar refractivity (Wildman–Crippen MR) is 77.2 cm³/mol. The highest BCUT2D eigenvalue weighted by molar-refractivity contribution is 5.92. The van der Waals surface area contributed by atoms with Gasteiger partial charge in [0.15, 0.2) is 0 Å². The third-order valence-electron chi connectivity index (χ3n) is 2.78. The molecule has 0 spiro atoms. The van der Waals surface area contributed by atoms with Gasteiger partial charge in [-0.3, -0.25) is 9.78 Å². The predicted octanol–water partition coefficient (Wildman–Crippen LogP) is 2.46. The summed E-state index contributed by atoms with van der Waals surface area (Å²) in [7, 11) is 0. The molecule has 1 aromatic rings. The topological polar surface area (TPSA) is 66.9 Å². The molecule has 19 heavy (non-hydrogen) atoms. The van der Waals surface area contributed by atoms with E-state index < -0.39 is 0 Å². The minimum atomic E-state index is -0.163. The first-order valence-electron chi connectivity index (χ1n) is 6.89. The van der Waals surface area contributed by atoms with Crippen LogP contribution in [0.2, 0.25) is 0 Å². The second-order valence-electron chi connectivity index (χ2n) is 5.17. The second-order valence-corrected chi connectivity index (χ2v) is 5.17. The lowest BCUT2D eigenvalue weighted by molar-refractivity contribution is 0.0932. The highest BCUT2D eigenvalue weighted by atomic mass is 16.1. The van der Waals surface area contributed by atoms with E-state index in [-0.39, 0.29) is 11.9 Å². The fraction of sp³-hybridized carbons (Fsp3) is 0.643. The van der Waals surface area contributed by atoms with E-state index in [1.807, 2.05) is 13.8 Å². The number of rotatable bonds is 7. The maximum atomic E-state index is 12.0. The normalized spacial score (nSPS) is 12.3. The van der Waals surface area contributed by atoms with Crippen LogP contribution in [0.15, 0.2) is 12.4 Å². The zero-order valence-electron chi connectivity index (χ0n) is 12.2. The van der Waals surface area contributed by atoms with Crippen molar-refractivity contribution in [3.8, 4) is 0 Å². The Bertz CT molecular complexity index is 406. The Balaban J connectivity index is 2.55. The van der Waals surface area contributed by atoms with Crippen LogP contribution in [0.25, 0.3) is 0 Å². The van der Waals surface area contributed by atoms with Crippen LogP contribution in [-0.4, -0.2) is 28.5 Å². The Hall–Kier alpha value is -1.65. The molecular weight excluding hydrogens is 240 g/mol. The first kappa shape index (κ1) is 15.4. The molecule has 0 aliphatic heterocycles. The molecule has 0 saturated carbocycles. The summed E-state index contributed by atoms with van der Waals surface area (Å²) >= 11 is 0. The molecule has 0 aliphatic carbocycles. The Labute approximate surface area is 115 Å². The zero-order chi connectivity index (χ0) is 14.3. The van der Waals surface area contributed by atoms with Gasteiger partial charge in [0.25, 0.3) is 5.91 Å². The number of hydrogen-bond donors (Lipinski definition) is 2. The highest BCUT2D eigenvalue weighted by Gasteiger charge is 2.12. The molecule has 0 aromatic carbocycles. The van der Waals surface area contributed by atoms with E-state index in [2.05, 4.69) is 34.4 Å². The molecule has 1 unspecified atom stereocenters. The van der Waals surface area contributed by atoms with Gasteiger partial charge in [0.05, 0.1) is 12.4 Å². The molecule has 1 aromatic heterocycles. The van der Waals surface area contributed by atoms with E-state index >= 15 is 0 Å². The van der Waals surface area contributed by atoms with E-state index in [1.165, 1.54) is 6.20 Å². The van der Waals surface area contributed by atoms with Crippen LogP contribution in [0.5, 0.6) is 0 Å². The van der Waals surface area contributed by atoms with Crippen molar-refractivity contribution in [3.05, 3.63) is 18.1 Å². The van der Waals surface area contributed by atoms with E-state index in [0.717, 1.165) is 19.4 Å². The van der Waals surface area contributed by atoms with Crippen LogP contribution >= 0.6 is 0 Å². The van der Waals surface area contributed by atoms with Crippen LogP contribution < -0.4 is 10.6 Å². The van der Waals surface area contributed by atoms with Gasteiger partial charge in [-0.25, -0.2) is 4.98 Å². The molecule has 1 heterocycles. The van der Waals surface area contributed by atoms with E-state index in [1.54, 1.807) is 6.20 Å². The number of anilines is 1. The molecule has 0 bridgehead atoms. The Morgan fingerprint density at radius 3 is 2.63 bits per heavy atom. The molecule has 5 heteroatoms. The molecule has 0 radical (unpaired) electrons. The summed E-state index contributed by atoms with van der Waals surface area (Å²) in [5, 5.41) is 5.99. The van der Waals surface area contributed by atoms with Crippen molar-refractivity contribution in [2.45, 2.75) is 46.6 Å². The Kier molecular flexibility index (Phi) is 6.25. The second kappa shape index (κ2) is 7.71. The molecule has 0 fully saturated rings. The van der Waals surface area contributed by atoms with Gasteiger partial charge in [-0.2, -0.15) is 0 Å². The maximum Gasteiger partial charge on any atom is 0.271 e. The van der Waals surface area contributed by atoms with E-state index in [4.69, 9.17) is 0 Å². The van der Waals surface area contributed by atoms with Crippen molar-refractivity contribution in [2.75, 3.05) is 11.9 Å². The Morgan fingerprint density at radius 1 is 1.26 bits per heavy atom. The molecule has 106 valence electrons. The lowest BCUT2D eigenvalue weighted by atomic mass is 10.0. The maximum absolute atomic E-state index is 12.0. The number of nitrogens with one attached hydrogen (secondary N) is 2. The smallest absolute Gasteiger partial charge is 0.271 e. The summed E-state index contributed by atoms with van der Waals surface area (Å²) in [6.45, 7) is 9.11. The van der Waals surface area contributed by atoms with Crippen molar-refractivity contribution in [1.29, 1.82) is 0 Å². The summed E-state index contributed by atoms with van der Waals surface area (Å²) < 4.78 is 0. The average molecular weight is 264 g/mol. The first-order chi connectivity index (χ1) is 9.02. The number of nitrogens with zero attached hydrogens (tertiary/aromatic N) is 2. The van der Waals surface area contributed by atoms with Gasteiger partial charge in [0.2, 0.25) is 0 Å². The monoisotopic (exact) mass is 264 g/mol. The fourth-order valence-corrected chi connectivity index (χ4v) is 1.69. The summed E-state index contributed by atoms with van der Waals surface area (Å²) in [6, 6.07) is 0.152. The SMILES string of the molecule is CCNc1cncc(C(=O)NC(C)CCC(C)C)n1. The van der Waals surface area contributed by atoms with Crippen molar-refractivity contribution in [3.63, 3.8) is 0 Å². The molecule has 1 amide bonds. The van der Waals surface area contributed by atoms with E-state index in [9.17, 15) is 4.79 Å². The molecule has 0 aliphatic rings. The quantitative estimate of drug-likeness (QED) is 0.794. The highest BCUT2D eigenvalue weighted by Crippen LogP contribution is 2.07. The van der Waals surface area contributed by atoms with Crippen LogP contribution in [-0.2, 0) is 0 Å². The van der Waals surface area contributed by atoms with Crippen molar-refractivity contribution < 1.29 is 4.79 Å². The zero-order valence-corrected chi connectivity index (χ0v) is 12.2. The number of aromatic nitrogens is 2. The van der Waals surface area contributed by atoms with Crippen molar-refractivity contribution in [1.82, 2.24) is 15.3 Å². The van der Waals surface area contributed by atoms with Gasteiger partial charge in [-0.15, -0.1) is 0 Å². The first-order valence-corrected chi connectivity index (χ1v) is 6.89. The van der Waals surface area contributed by atoms with Crippen LogP contribution in [0.4, 0.5) is 5.82 Å². The molecule has 1 rings (SSSR count). The van der Waals surface area contributed by atoms with Crippen molar-refractivity contribution >= 4 is 11.7 Å². The van der Waals surface area contributed by atoms with Gasteiger partial charge in [-0.05, 0) is 32.6 Å². The van der Waals surface area contributed by atoms with Gasteiger partial charge in [0.1, 0.15) is 11.5 Å². The summed E-state index contributed by atoms with van der Waals surface area (Å²) in [6.07, 6.45) is 5.18. The fourth-order valence-electron chi connectivity index (χ4n) is 1.69. The number of amides is 1. The van der Waals surface area contributed by atoms with Gasteiger partial charge >= 0.3 is 0 Å². The third kappa shape index (κ3) is 5.68. The van der Waals surface area contributed by atoms with Gasteiger partial charge in [-0.1, -0.05) is 13.8 Å². The minimum Gasteiger partial charge on any atom is -0.369 e. The third-order valence-corrected chi connectivity index (χ3v) is 2.78. The minimum absolute atomic E-state index is 0.152. The van der Waals surface area contributed by atoms with Gasteiger partial charge in [0, 0.05) is 12.6 Å². The molecule has 2 N–H and O–H groups in total. The van der Waals surface area contributed by atoms with E-state index in [0.29, 0.717) is 17.4 Å². The molecular formula is C14H24N4O. The van der Waals surface area contributed by atoms with Crippen LogP contribution in [0.3, 0.4) is 0 Å². The van der Waals surface area contributed by atoms with Gasteiger partial charge < -0.3 is 10.6 Å². The Morgan fingerprint density at radius 2 is 2.00 bits per heavy atom. The summed E-state index contributed by atoms with van der Waals surface area (Å²) in [4.78, 5) is 20.3. The standard InChI is InChI=1S/C14H24N4O/c1-5-16-13-9-15-8-12(18-13)14(19)17-11(4)7-6-10(2)3/h8-11H,5-7H2,1-4H3,(H,16,18)(H,17,19). The van der Waals surface area contributed by atoms with Crippen molar-refractivity contribution in [2.24, 2.45) is 5.92 Å². The molecule has 0 saturated heterocycles. The number of hydrogen-bond acceptors (Lipinski definition) is 4. The summed E-state index contributed by atoms with van der Waals surface area (Å²) in [5.74, 6) is 1.12. The molecule has 1 atom stereocenters. The number of carbonyl (C=O) groups excluding carboxylic acids is 1. The average Bonchev–Trinajstić information content (AvgIpc) is 2.37.